The highest BCUT2D eigenvalue weighted by Gasteiger charge is 2.41. The number of hydrogen-bond acceptors (Lipinski definition) is 8. The number of esters is 2. The zero-order valence-electron chi connectivity index (χ0n) is 11.7. The van der Waals surface area contributed by atoms with Crippen molar-refractivity contribution >= 4 is 23.3 Å². The standard InChI is InChI=1S/C12H15NO7S/c1-18-9-5-4-8(21-9)7(6-13(16)17)10(11(14)19-2)12(15)20-3/h4-5,7,10H,6H2,1-3H3/t7-/m0/s1. The van der Waals surface area contributed by atoms with Gasteiger partial charge < -0.3 is 14.2 Å². The minimum Gasteiger partial charge on any atom is -0.487 e. The average Bonchev–Trinajstić information content (AvgIpc) is 2.94. The molecule has 1 aromatic heterocycles. The molecule has 0 aliphatic rings. The topological polar surface area (TPSA) is 105 Å². The number of carbonyl (C=O) groups is 2. The Hall–Kier alpha value is -2.16. The van der Waals surface area contributed by atoms with Gasteiger partial charge in [0.05, 0.1) is 27.2 Å². The van der Waals surface area contributed by atoms with Crippen molar-refractivity contribution in [1.29, 1.82) is 0 Å². The van der Waals surface area contributed by atoms with E-state index in [0.29, 0.717) is 9.94 Å². The van der Waals surface area contributed by atoms with Crippen molar-refractivity contribution in [2.24, 2.45) is 5.92 Å². The van der Waals surface area contributed by atoms with E-state index in [0.717, 1.165) is 25.6 Å². The minimum atomic E-state index is -1.39. The molecule has 0 saturated heterocycles. The molecule has 1 aromatic rings. The highest BCUT2D eigenvalue weighted by molar-refractivity contribution is 7.13. The molecule has 0 radical (unpaired) electrons. The van der Waals surface area contributed by atoms with E-state index >= 15 is 0 Å². The SMILES string of the molecule is COC(=O)C(C(=O)OC)[C@@H](C[N+](=O)[O-])c1ccc(OC)s1. The Bertz CT molecular complexity index is 511. The lowest BCUT2D eigenvalue weighted by Crippen LogP contribution is -2.35. The normalized spacial score (nSPS) is 11.8. The third kappa shape index (κ3) is 4.15. The Morgan fingerprint density at radius 3 is 2.19 bits per heavy atom. The van der Waals surface area contributed by atoms with Gasteiger partial charge in [-0.25, -0.2) is 0 Å². The van der Waals surface area contributed by atoms with Gasteiger partial charge in [0.15, 0.2) is 11.0 Å². The van der Waals surface area contributed by atoms with E-state index in [9.17, 15) is 19.7 Å². The summed E-state index contributed by atoms with van der Waals surface area (Å²) in [6, 6.07) is 3.19. The van der Waals surface area contributed by atoms with Gasteiger partial charge in [-0.05, 0) is 12.1 Å². The van der Waals surface area contributed by atoms with Gasteiger partial charge in [-0.15, -0.1) is 11.3 Å². The fourth-order valence-electron chi connectivity index (χ4n) is 1.84. The number of rotatable bonds is 7. The highest BCUT2D eigenvalue weighted by atomic mass is 32.1. The summed E-state index contributed by atoms with van der Waals surface area (Å²) < 4.78 is 14.1. The molecule has 21 heavy (non-hydrogen) atoms. The fraction of sp³-hybridized carbons (Fsp3) is 0.500. The van der Waals surface area contributed by atoms with Gasteiger partial charge in [-0.1, -0.05) is 0 Å². The molecule has 0 bridgehead atoms. The quantitative estimate of drug-likeness (QED) is 0.320. The maximum atomic E-state index is 11.8. The average molecular weight is 317 g/mol. The molecule has 1 rings (SSSR count). The molecule has 9 heteroatoms. The van der Waals surface area contributed by atoms with E-state index in [1.165, 1.54) is 7.11 Å². The first-order valence-corrected chi connectivity index (χ1v) is 6.67. The monoisotopic (exact) mass is 317 g/mol. The van der Waals surface area contributed by atoms with Gasteiger partial charge in [-0.2, -0.15) is 0 Å². The van der Waals surface area contributed by atoms with Crippen molar-refractivity contribution < 1.29 is 28.7 Å². The molecule has 0 spiro atoms. The number of thiophene rings is 1. The third-order valence-corrected chi connectivity index (χ3v) is 4.01. The second kappa shape index (κ2) is 7.58. The summed E-state index contributed by atoms with van der Waals surface area (Å²) in [5, 5.41) is 11.4. The minimum absolute atomic E-state index is 0.476. The Morgan fingerprint density at radius 1 is 1.24 bits per heavy atom. The zero-order valence-corrected chi connectivity index (χ0v) is 12.5. The molecular formula is C12H15NO7S. The number of carbonyl (C=O) groups excluding carboxylic acids is 2. The molecule has 8 nitrogen and oxygen atoms in total. The zero-order chi connectivity index (χ0) is 16.0. The van der Waals surface area contributed by atoms with Crippen LogP contribution in [0.3, 0.4) is 0 Å². The van der Waals surface area contributed by atoms with Crippen molar-refractivity contribution in [3.05, 3.63) is 27.1 Å². The van der Waals surface area contributed by atoms with Gasteiger partial charge in [0.25, 0.3) is 0 Å². The second-order valence-corrected chi connectivity index (χ2v) is 5.08. The van der Waals surface area contributed by atoms with Crippen LogP contribution in [0.5, 0.6) is 5.06 Å². The summed E-state index contributed by atoms with van der Waals surface area (Å²) in [4.78, 5) is 34.4. The van der Waals surface area contributed by atoms with Crippen LogP contribution in [0, 0.1) is 16.0 Å². The lowest BCUT2D eigenvalue weighted by atomic mass is 9.91. The number of nitrogens with zero attached hydrogens (tertiary/aromatic N) is 1. The molecule has 0 fully saturated rings. The van der Waals surface area contributed by atoms with E-state index in [4.69, 9.17) is 4.74 Å². The smallest absolute Gasteiger partial charge is 0.320 e. The van der Waals surface area contributed by atoms with Gasteiger partial charge >= 0.3 is 11.9 Å². The predicted molar refractivity (Wildman–Crippen MR) is 73.0 cm³/mol. The summed E-state index contributed by atoms with van der Waals surface area (Å²) in [6.45, 7) is -0.599. The van der Waals surface area contributed by atoms with Crippen LogP contribution in [0.25, 0.3) is 0 Å². The summed E-state index contributed by atoms with van der Waals surface area (Å²) in [6.07, 6.45) is 0. The molecule has 1 atom stereocenters. The molecule has 0 unspecified atom stereocenters. The number of methoxy groups -OCH3 is 3. The van der Waals surface area contributed by atoms with Gasteiger partial charge in [0, 0.05) is 9.80 Å². The van der Waals surface area contributed by atoms with Crippen molar-refractivity contribution in [1.82, 2.24) is 0 Å². The lowest BCUT2D eigenvalue weighted by molar-refractivity contribution is -0.484. The summed E-state index contributed by atoms with van der Waals surface area (Å²) >= 11 is 1.12. The molecule has 0 amide bonds. The van der Waals surface area contributed by atoms with Crippen LogP contribution >= 0.6 is 11.3 Å². The molecule has 0 aromatic carbocycles. The van der Waals surface area contributed by atoms with Gasteiger partial charge in [-0.3, -0.25) is 19.7 Å². The molecule has 0 saturated carbocycles. The van der Waals surface area contributed by atoms with Crippen molar-refractivity contribution in [2.45, 2.75) is 5.92 Å². The van der Waals surface area contributed by atoms with Crippen LogP contribution in [0.4, 0.5) is 0 Å². The largest absolute Gasteiger partial charge is 0.487 e. The fourth-order valence-corrected chi connectivity index (χ4v) is 2.79. The van der Waals surface area contributed by atoms with Crippen LogP contribution in [-0.2, 0) is 19.1 Å². The first-order valence-electron chi connectivity index (χ1n) is 5.85. The molecule has 0 N–H and O–H groups in total. The Balaban J connectivity index is 3.21. The lowest BCUT2D eigenvalue weighted by Gasteiger charge is -2.19. The van der Waals surface area contributed by atoms with E-state index in [2.05, 4.69) is 9.47 Å². The number of ether oxygens (including phenoxy) is 3. The Labute approximate surface area is 124 Å². The van der Waals surface area contributed by atoms with E-state index < -0.39 is 35.2 Å². The van der Waals surface area contributed by atoms with E-state index in [1.807, 2.05) is 0 Å². The van der Waals surface area contributed by atoms with Crippen LogP contribution in [0.1, 0.15) is 10.8 Å². The van der Waals surface area contributed by atoms with Gasteiger partial charge in [0.1, 0.15) is 0 Å². The van der Waals surface area contributed by atoms with E-state index in [-0.39, 0.29) is 0 Å². The Morgan fingerprint density at radius 2 is 1.81 bits per heavy atom. The van der Waals surface area contributed by atoms with Crippen molar-refractivity contribution in [3.63, 3.8) is 0 Å². The second-order valence-electron chi connectivity index (χ2n) is 4.01. The Kier molecular flexibility index (Phi) is 6.10. The van der Waals surface area contributed by atoms with E-state index in [1.54, 1.807) is 12.1 Å². The molecule has 0 aliphatic carbocycles. The maximum absolute atomic E-state index is 11.8. The van der Waals surface area contributed by atoms with Crippen LogP contribution in [-0.4, -0.2) is 44.7 Å². The molecular weight excluding hydrogens is 302 g/mol. The first kappa shape index (κ1) is 16.9. The summed E-state index contributed by atoms with van der Waals surface area (Å²) in [5.74, 6) is -4.12. The summed E-state index contributed by atoms with van der Waals surface area (Å²) in [7, 11) is 3.67. The third-order valence-electron chi connectivity index (χ3n) is 2.83. The number of hydrogen-bond donors (Lipinski definition) is 0. The highest BCUT2D eigenvalue weighted by Crippen LogP contribution is 2.35. The van der Waals surface area contributed by atoms with Crippen LogP contribution in [0.15, 0.2) is 12.1 Å². The molecule has 0 aliphatic heterocycles. The predicted octanol–water partition coefficient (Wildman–Crippen LogP) is 1.08. The first-order chi connectivity index (χ1) is 9.94. The number of nitro groups is 1. The van der Waals surface area contributed by atoms with Gasteiger partial charge in [0.2, 0.25) is 6.54 Å². The molecule has 1 heterocycles. The van der Waals surface area contributed by atoms with Crippen LogP contribution in [0.2, 0.25) is 0 Å². The van der Waals surface area contributed by atoms with Crippen LogP contribution < -0.4 is 4.74 Å². The maximum Gasteiger partial charge on any atom is 0.320 e. The molecule has 116 valence electrons. The summed E-state index contributed by atoms with van der Waals surface area (Å²) in [5.41, 5.74) is 0. The van der Waals surface area contributed by atoms with Crippen molar-refractivity contribution in [2.75, 3.05) is 27.9 Å². The van der Waals surface area contributed by atoms with Crippen molar-refractivity contribution in [3.8, 4) is 5.06 Å².